The average Bonchev–Trinajstić information content (AvgIpc) is 2.23. The molecular formula is C14H22O4. The van der Waals surface area contributed by atoms with E-state index in [1.165, 1.54) is 6.92 Å². The van der Waals surface area contributed by atoms with Crippen LogP contribution in [-0.4, -0.2) is 28.1 Å². The van der Waals surface area contributed by atoms with Crippen molar-refractivity contribution in [2.24, 2.45) is 17.8 Å². The maximum atomic E-state index is 11.1. The van der Waals surface area contributed by atoms with Crippen LogP contribution in [0.4, 0.5) is 0 Å². The molecule has 4 atom stereocenters. The number of rotatable bonds is 1. The molecule has 2 rings (SSSR count). The van der Waals surface area contributed by atoms with Crippen molar-refractivity contribution < 1.29 is 19.7 Å². The van der Waals surface area contributed by atoms with E-state index in [9.17, 15) is 15.0 Å². The van der Waals surface area contributed by atoms with Crippen molar-refractivity contribution >= 4 is 5.97 Å². The fourth-order valence-electron chi connectivity index (χ4n) is 3.66. The second-order valence-electron chi connectivity index (χ2n) is 5.78. The van der Waals surface area contributed by atoms with Gasteiger partial charge >= 0.3 is 5.97 Å². The van der Waals surface area contributed by atoms with Crippen molar-refractivity contribution in [1.82, 2.24) is 0 Å². The number of carbonyl (C=O) groups is 1. The molecule has 4 unspecified atom stereocenters. The van der Waals surface area contributed by atoms with Crippen LogP contribution in [0.1, 0.15) is 40.0 Å². The van der Waals surface area contributed by atoms with Gasteiger partial charge in [-0.1, -0.05) is 25.8 Å². The highest BCUT2D eigenvalue weighted by Gasteiger charge is 2.53. The van der Waals surface area contributed by atoms with Gasteiger partial charge in [-0.15, -0.1) is 0 Å². The third kappa shape index (κ3) is 2.19. The number of esters is 1. The summed E-state index contributed by atoms with van der Waals surface area (Å²) in [7, 11) is 0. The zero-order chi connectivity index (χ0) is 13.5. The molecule has 0 saturated heterocycles. The molecule has 1 saturated carbocycles. The summed E-state index contributed by atoms with van der Waals surface area (Å²) in [5, 5.41) is 20.9. The summed E-state index contributed by atoms with van der Waals surface area (Å²) in [6.07, 6.45) is 4.20. The fourth-order valence-corrected chi connectivity index (χ4v) is 3.66. The summed E-state index contributed by atoms with van der Waals surface area (Å²) in [5.74, 6) is -2.28. The smallest absolute Gasteiger partial charge is 0.303 e. The van der Waals surface area contributed by atoms with Crippen LogP contribution in [0.25, 0.3) is 0 Å². The monoisotopic (exact) mass is 254 g/mol. The van der Waals surface area contributed by atoms with E-state index in [1.807, 2.05) is 6.92 Å². The van der Waals surface area contributed by atoms with E-state index in [4.69, 9.17) is 4.74 Å². The highest BCUT2D eigenvalue weighted by Crippen LogP contribution is 2.47. The molecule has 4 heteroatoms. The molecule has 18 heavy (non-hydrogen) atoms. The van der Waals surface area contributed by atoms with Crippen LogP contribution in [0, 0.1) is 17.8 Å². The van der Waals surface area contributed by atoms with Gasteiger partial charge in [0.05, 0.1) is 0 Å². The van der Waals surface area contributed by atoms with E-state index in [0.717, 1.165) is 24.8 Å². The Balaban J connectivity index is 2.35. The van der Waals surface area contributed by atoms with Crippen molar-refractivity contribution in [1.29, 1.82) is 0 Å². The lowest BCUT2D eigenvalue weighted by Gasteiger charge is -2.49. The van der Waals surface area contributed by atoms with Gasteiger partial charge in [-0.3, -0.25) is 4.79 Å². The van der Waals surface area contributed by atoms with Gasteiger partial charge in [0.25, 0.3) is 0 Å². The summed E-state index contributed by atoms with van der Waals surface area (Å²) in [6, 6.07) is 0. The predicted molar refractivity (Wildman–Crippen MR) is 66.5 cm³/mol. The lowest BCUT2D eigenvalue weighted by Crippen LogP contribution is -2.58. The quantitative estimate of drug-likeness (QED) is 0.424. The molecule has 0 aromatic carbocycles. The van der Waals surface area contributed by atoms with Crippen LogP contribution >= 0.6 is 0 Å². The summed E-state index contributed by atoms with van der Waals surface area (Å²) >= 11 is 0. The largest absolute Gasteiger partial charge is 0.452 e. The Morgan fingerprint density at radius 1 is 1.44 bits per heavy atom. The second kappa shape index (κ2) is 4.67. The zero-order valence-electron chi connectivity index (χ0n) is 11.2. The minimum absolute atomic E-state index is 0.176. The summed E-state index contributed by atoms with van der Waals surface area (Å²) < 4.78 is 5.11. The van der Waals surface area contributed by atoms with Gasteiger partial charge in [0.2, 0.25) is 5.79 Å². The molecule has 0 spiro atoms. The van der Waals surface area contributed by atoms with Crippen molar-refractivity contribution in [3.05, 3.63) is 11.6 Å². The maximum Gasteiger partial charge on any atom is 0.303 e. The van der Waals surface area contributed by atoms with Gasteiger partial charge in [-0.25, -0.2) is 0 Å². The Morgan fingerprint density at radius 3 is 2.72 bits per heavy atom. The van der Waals surface area contributed by atoms with Crippen molar-refractivity contribution in [3.63, 3.8) is 0 Å². The van der Waals surface area contributed by atoms with Crippen LogP contribution in [-0.2, 0) is 9.53 Å². The Kier molecular flexibility index (Phi) is 3.52. The third-order valence-corrected chi connectivity index (χ3v) is 4.32. The normalized spacial score (nSPS) is 38.6. The molecule has 0 aliphatic heterocycles. The average molecular weight is 254 g/mol. The zero-order valence-corrected chi connectivity index (χ0v) is 11.2. The first-order chi connectivity index (χ1) is 8.34. The van der Waals surface area contributed by atoms with Crippen LogP contribution in [0.5, 0.6) is 0 Å². The number of hydrogen-bond donors (Lipinski definition) is 2. The van der Waals surface area contributed by atoms with E-state index < -0.39 is 17.9 Å². The molecule has 0 heterocycles. The standard InChI is InChI=1S/C14H22O4/c1-8-5-4-6-11-7-9(2)13(18-10(3)15)14(16,17)12(8)11/h7-8,11-13,16-17H,4-6H2,1-3H3. The van der Waals surface area contributed by atoms with Gasteiger partial charge in [0, 0.05) is 12.8 Å². The summed E-state index contributed by atoms with van der Waals surface area (Å²) in [6.45, 7) is 5.13. The molecule has 2 N–H and O–H groups in total. The molecule has 0 aromatic rings. The summed E-state index contributed by atoms with van der Waals surface area (Å²) in [5.41, 5.74) is 0.741. The Labute approximate surface area is 108 Å². The fraction of sp³-hybridized carbons (Fsp3) is 0.786. The molecule has 0 bridgehead atoms. The van der Waals surface area contributed by atoms with Crippen LogP contribution in [0.3, 0.4) is 0 Å². The van der Waals surface area contributed by atoms with Crippen molar-refractivity contribution in [3.8, 4) is 0 Å². The Bertz CT molecular complexity index is 372. The molecule has 1 fully saturated rings. The number of fused-ring (bicyclic) bond motifs is 1. The highest BCUT2D eigenvalue weighted by molar-refractivity contribution is 5.66. The molecule has 2 aliphatic carbocycles. The van der Waals surface area contributed by atoms with Gasteiger partial charge in [0.15, 0.2) is 6.10 Å². The molecule has 4 nitrogen and oxygen atoms in total. The molecule has 102 valence electrons. The van der Waals surface area contributed by atoms with E-state index in [1.54, 1.807) is 6.92 Å². The van der Waals surface area contributed by atoms with Gasteiger partial charge in [-0.2, -0.15) is 0 Å². The van der Waals surface area contributed by atoms with Gasteiger partial charge < -0.3 is 14.9 Å². The van der Waals surface area contributed by atoms with E-state index >= 15 is 0 Å². The maximum absolute atomic E-state index is 11.1. The van der Waals surface area contributed by atoms with E-state index in [2.05, 4.69) is 6.08 Å². The van der Waals surface area contributed by atoms with Crippen molar-refractivity contribution in [2.75, 3.05) is 0 Å². The van der Waals surface area contributed by atoms with Crippen LogP contribution < -0.4 is 0 Å². The number of hydrogen-bond acceptors (Lipinski definition) is 4. The summed E-state index contributed by atoms with van der Waals surface area (Å²) in [4.78, 5) is 11.1. The topological polar surface area (TPSA) is 66.8 Å². The third-order valence-electron chi connectivity index (χ3n) is 4.32. The van der Waals surface area contributed by atoms with Crippen LogP contribution in [0.2, 0.25) is 0 Å². The highest BCUT2D eigenvalue weighted by atomic mass is 16.6. The SMILES string of the molecule is CC(=O)OC1C(C)=CC2CCCC(C)C2C1(O)O. The van der Waals surface area contributed by atoms with E-state index in [-0.39, 0.29) is 17.8 Å². The second-order valence-corrected chi connectivity index (χ2v) is 5.78. The first-order valence-electron chi connectivity index (χ1n) is 6.64. The molecule has 0 amide bonds. The van der Waals surface area contributed by atoms with Gasteiger partial charge in [-0.05, 0) is 30.8 Å². The number of allylic oxidation sites excluding steroid dienone is 1. The molecule has 0 radical (unpaired) electrons. The first-order valence-corrected chi connectivity index (χ1v) is 6.64. The van der Waals surface area contributed by atoms with Gasteiger partial charge in [0.1, 0.15) is 0 Å². The van der Waals surface area contributed by atoms with E-state index in [0.29, 0.717) is 0 Å². The molecular weight excluding hydrogens is 232 g/mol. The Morgan fingerprint density at radius 2 is 2.11 bits per heavy atom. The predicted octanol–water partition coefficient (Wildman–Crippen LogP) is 1.61. The molecule has 0 aromatic heterocycles. The lowest BCUT2D eigenvalue weighted by molar-refractivity contribution is -0.277. The first kappa shape index (κ1) is 13.6. The minimum Gasteiger partial charge on any atom is -0.452 e. The minimum atomic E-state index is -1.95. The number of carbonyl (C=O) groups excluding carboxylic acids is 1. The number of aliphatic hydroxyl groups is 2. The van der Waals surface area contributed by atoms with Crippen molar-refractivity contribution in [2.45, 2.75) is 51.9 Å². The number of ether oxygens (including phenoxy) is 1. The Hall–Kier alpha value is -0.870. The molecule has 2 aliphatic rings. The van der Waals surface area contributed by atoms with Crippen LogP contribution in [0.15, 0.2) is 11.6 Å². The lowest BCUT2D eigenvalue weighted by atomic mass is 9.63.